The lowest BCUT2D eigenvalue weighted by Crippen LogP contribution is -2.44. The van der Waals surface area contributed by atoms with E-state index in [1.165, 1.54) is 0 Å². The van der Waals surface area contributed by atoms with Gasteiger partial charge in [0.05, 0.1) is 25.2 Å². The van der Waals surface area contributed by atoms with E-state index in [1.807, 2.05) is 30.3 Å². The van der Waals surface area contributed by atoms with E-state index in [0.717, 1.165) is 12.0 Å². The second kappa shape index (κ2) is 10.8. The number of hydrogen-bond donors (Lipinski definition) is 1. The predicted molar refractivity (Wildman–Crippen MR) is 104 cm³/mol. The number of rotatable bonds is 9. The number of carbonyl (C=O) groups is 3. The molecular weight excluding hydrogens is 360 g/mol. The lowest BCUT2D eigenvalue weighted by molar-refractivity contribution is -0.148. The Hall–Kier alpha value is -2.41. The molecule has 1 fully saturated rings. The van der Waals surface area contributed by atoms with Crippen LogP contribution in [0.1, 0.15) is 44.6 Å². The largest absolute Gasteiger partial charge is 0.466 e. The number of aliphatic hydroxyl groups is 1. The zero-order valence-electron chi connectivity index (χ0n) is 16.7. The first kappa shape index (κ1) is 21.9. The van der Waals surface area contributed by atoms with Gasteiger partial charge < -0.3 is 19.6 Å². The van der Waals surface area contributed by atoms with Crippen molar-refractivity contribution in [3.63, 3.8) is 0 Å². The Kier molecular flexibility index (Phi) is 8.44. The number of amides is 2. The highest BCUT2D eigenvalue weighted by atomic mass is 16.5. The van der Waals surface area contributed by atoms with E-state index >= 15 is 0 Å². The van der Waals surface area contributed by atoms with Gasteiger partial charge in [-0.05, 0) is 25.3 Å². The van der Waals surface area contributed by atoms with Crippen molar-refractivity contribution in [2.45, 2.75) is 57.7 Å². The molecule has 1 N–H and O–H groups in total. The number of carbonyl (C=O) groups excluding carboxylic acids is 3. The second-order valence-corrected chi connectivity index (χ2v) is 7.11. The molecule has 154 valence electrons. The maximum Gasteiger partial charge on any atom is 0.308 e. The monoisotopic (exact) mass is 390 g/mol. The van der Waals surface area contributed by atoms with Gasteiger partial charge in [-0.15, -0.1) is 0 Å². The van der Waals surface area contributed by atoms with Gasteiger partial charge in [0.15, 0.2) is 0 Å². The summed E-state index contributed by atoms with van der Waals surface area (Å²) in [6.07, 6.45) is 0.578. The van der Waals surface area contributed by atoms with E-state index < -0.39 is 18.1 Å². The molecule has 1 saturated heterocycles. The topological polar surface area (TPSA) is 87.1 Å². The normalized spacial score (nSPS) is 17.2. The summed E-state index contributed by atoms with van der Waals surface area (Å²) in [5.74, 6) is -0.723. The predicted octanol–water partition coefficient (Wildman–Crippen LogP) is 1.73. The molecule has 1 heterocycles. The van der Waals surface area contributed by atoms with Crippen LogP contribution in [0.4, 0.5) is 0 Å². The Labute approximate surface area is 166 Å². The van der Waals surface area contributed by atoms with Crippen LogP contribution in [0.3, 0.4) is 0 Å². The highest BCUT2D eigenvalue weighted by Crippen LogP contribution is 2.23. The third-order valence-corrected chi connectivity index (χ3v) is 4.99. The van der Waals surface area contributed by atoms with Gasteiger partial charge >= 0.3 is 5.97 Å². The fourth-order valence-corrected chi connectivity index (χ4v) is 3.52. The quantitative estimate of drug-likeness (QED) is 0.649. The number of aliphatic hydroxyl groups excluding tert-OH is 1. The Morgan fingerprint density at radius 2 is 1.96 bits per heavy atom. The molecule has 2 atom stereocenters. The molecule has 0 aromatic heterocycles. The van der Waals surface area contributed by atoms with Crippen molar-refractivity contribution in [3.05, 3.63) is 35.9 Å². The van der Waals surface area contributed by atoms with Crippen molar-refractivity contribution in [3.8, 4) is 0 Å². The second-order valence-electron chi connectivity index (χ2n) is 7.11. The fourth-order valence-electron chi connectivity index (χ4n) is 3.52. The Bertz CT molecular complexity index is 664. The van der Waals surface area contributed by atoms with Gasteiger partial charge in [-0.3, -0.25) is 14.4 Å². The zero-order chi connectivity index (χ0) is 20.5. The van der Waals surface area contributed by atoms with Crippen LogP contribution in [-0.4, -0.2) is 65.0 Å². The smallest absolute Gasteiger partial charge is 0.308 e. The first-order valence-electron chi connectivity index (χ1n) is 9.83. The highest BCUT2D eigenvalue weighted by Gasteiger charge is 2.35. The molecule has 0 unspecified atom stereocenters. The van der Waals surface area contributed by atoms with Gasteiger partial charge in [0.2, 0.25) is 11.8 Å². The molecule has 1 aromatic rings. The van der Waals surface area contributed by atoms with Crippen molar-refractivity contribution < 1.29 is 24.2 Å². The number of benzene rings is 1. The molecule has 0 bridgehead atoms. The van der Waals surface area contributed by atoms with E-state index in [9.17, 15) is 19.5 Å². The van der Waals surface area contributed by atoms with Crippen LogP contribution >= 0.6 is 0 Å². The van der Waals surface area contributed by atoms with E-state index in [1.54, 1.807) is 23.8 Å². The summed E-state index contributed by atoms with van der Waals surface area (Å²) < 4.78 is 4.87. The average Bonchev–Trinajstić information content (AvgIpc) is 3.16. The maximum absolute atomic E-state index is 12.6. The van der Waals surface area contributed by atoms with E-state index in [-0.39, 0.29) is 37.7 Å². The van der Waals surface area contributed by atoms with Crippen LogP contribution < -0.4 is 0 Å². The molecule has 28 heavy (non-hydrogen) atoms. The van der Waals surface area contributed by atoms with Gasteiger partial charge in [-0.2, -0.15) is 0 Å². The molecule has 2 rings (SSSR count). The SMILES string of the molecule is CCOC(=O)C[C@H](O)[C@@H]1CCCN1C(=O)CCC(=O)N(C)Cc1ccccc1. The zero-order valence-corrected chi connectivity index (χ0v) is 16.7. The molecule has 1 aliphatic rings. The van der Waals surface area contributed by atoms with Crippen LogP contribution in [0, 0.1) is 0 Å². The molecule has 7 nitrogen and oxygen atoms in total. The Balaban J connectivity index is 1.82. The molecular formula is C21H30N2O5. The summed E-state index contributed by atoms with van der Waals surface area (Å²) in [5.41, 5.74) is 1.03. The summed E-state index contributed by atoms with van der Waals surface area (Å²) >= 11 is 0. The summed E-state index contributed by atoms with van der Waals surface area (Å²) in [6.45, 7) is 3.01. The van der Waals surface area contributed by atoms with Crippen LogP contribution in [0.25, 0.3) is 0 Å². The summed E-state index contributed by atoms with van der Waals surface area (Å²) in [5, 5.41) is 10.3. The molecule has 0 spiro atoms. The van der Waals surface area contributed by atoms with Gasteiger partial charge in [0.25, 0.3) is 0 Å². The lowest BCUT2D eigenvalue weighted by Gasteiger charge is -2.28. The molecule has 0 aliphatic carbocycles. The van der Waals surface area contributed by atoms with Crippen LogP contribution in [-0.2, 0) is 25.7 Å². The van der Waals surface area contributed by atoms with Crippen molar-refractivity contribution in [2.24, 2.45) is 0 Å². The molecule has 1 aromatic carbocycles. The summed E-state index contributed by atoms with van der Waals surface area (Å²) in [4.78, 5) is 39.7. The third kappa shape index (κ3) is 6.34. The maximum atomic E-state index is 12.6. The third-order valence-electron chi connectivity index (χ3n) is 4.99. The fraction of sp³-hybridized carbons (Fsp3) is 0.571. The molecule has 0 radical (unpaired) electrons. The van der Waals surface area contributed by atoms with Crippen LogP contribution in [0.2, 0.25) is 0 Å². The first-order valence-corrected chi connectivity index (χ1v) is 9.83. The van der Waals surface area contributed by atoms with Crippen molar-refractivity contribution >= 4 is 17.8 Å². The first-order chi connectivity index (χ1) is 13.4. The van der Waals surface area contributed by atoms with Crippen LogP contribution in [0.5, 0.6) is 0 Å². The van der Waals surface area contributed by atoms with Crippen molar-refractivity contribution in [2.75, 3.05) is 20.2 Å². The van der Waals surface area contributed by atoms with Gasteiger partial charge in [-0.25, -0.2) is 0 Å². The molecule has 7 heteroatoms. The number of likely N-dealkylation sites (tertiary alicyclic amines) is 1. The van der Waals surface area contributed by atoms with Crippen molar-refractivity contribution in [1.29, 1.82) is 0 Å². The average molecular weight is 390 g/mol. The van der Waals surface area contributed by atoms with Gasteiger partial charge in [0, 0.05) is 33.0 Å². The van der Waals surface area contributed by atoms with Crippen molar-refractivity contribution in [1.82, 2.24) is 9.80 Å². The number of ether oxygens (including phenoxy) is 1. The minimum Gasteiger partial charge on any atom is -0.466 e. The number of hydrogen-bond acceptors (Lipinski definition) is 5. The summed E-state index contributed by atoms with van der Waals surface area (Å²) in [7, 11) is 1.72. The number of nitrogens with zero attached hydrogens (tertiary/aromatic N) is 2. The van der Waals surface area contributed by atoms with Gasteiger partial charge in [0.1, 0.15) is 0 Å². The van der Waals surface area contributed by atoms with Gasteiger partial charge in [-0.1, -0.05) is 30.3 Å². The minimum atomic E-state index is -0.943. The van der Waals surface area contributed by atoms with E-state index in [4.69, 9.17) is 4.74 Å². The standard InChI is InChI=1S/C21H30N2O5/c1-3-28-21(27)14-18(24)17-10-7-13-23(17)20(26)12-11-19(25)22(2)15-16-8-5-4-6-9-16/h4-6,8-9,17-18,24H,3,7,10-15H2,1-2H3/t17-,18-/m0/s1. The summed E-state index contributed by atoms with van der Waals surface area (Å²) in [6, 6.07) is 9.28. The van der Waals surface area contributed by atoms with E-state index in [2.05, 4.69) is 0 Å². The molecule has 1 aliphatic heterocycles. The minimum absolute atomic E-state index is 0.0972. The Morgan fingerprint density at radius 3 is 2.64 bits per heavy atom. The molecule has 2 amide bonds. The Morgan fingerprint density at radius 1 is 1.25 bits per heavy atom. The number of esters is 1. The van der Waals surface area contributed by atoms with E-state index in [0.29, 0.717) is 19.5 Å². The lowest BCUT2D eigenvalue weighted by atomic mass is 10.0. The van der Waals surface area contributed by atoms with Crippen LogP contribution in [0.15, 0.2) is 30.3 Å². The highest BCUT2D eigenvalue weighted by molar-refractivity contribution is 5.84. The molecule has 0 saturated carbocycles.